The summed E-state index contributed by atoms with van der Waals surface area (Å²) in [6, 6.07) is 3.24. The van der Waals surface area contributed by atoms with Gasteiger partial charge in [-0.15, -0.1) is 0 Å². The van der Waals surface area contributed by atoms with Crippen molar-refractivity contribution in [3.63, 3.8) is 0 Å². The van der Waals surface area contributed by atoms with E-state index in [9.17, 15) is 18.7 Å². The van der Waals surface area contributed by atoms with Gasteiger partial charge in [-0.2, -0.15) is 4.98 Å². The highest BCUT2D eigenvalue weighted by atomic mass is 19.1. The molecule has 0 bridgehead atoms. The Morgan fingerprint density at radius 2 is 1.97 bits per heavy atom. The predicted molar refractivity (Wildman–Crippen MR) is 106 cm³/mol. The molecule has 0 radical (unpaired) electrons. The lowest BCUT2D eigenvalue weighted by Crippen LogP contribution is -2.23. The third-order valence-corrected chi connectivity index (χ3v) is 4.96. The van der Waals surface area contributed by atoms with Gasteiger partial charge in [0.2, 0.25) is 11.7 Å². The summed E-state index contributed by atoms with van der Waals surface area (Å²) in [6.45, 7) is 3.96. The van der Waals surface area contributed by atoms with E-state index in [4.69, 9.17) is 4.74 Å². The van der Waals surface area contributed by atoms with Gasteiger partial charge in [0.15, 0.2) is 0 Å². The van der Waals surface area contributed by atoms with Crippen molar-refractivity contribution >= 4 is 5.95 Å². The van der Waals surface area contributed by atoms with Crippen LogP contribution in [-0.2, 0) is 6.54 Å². The summed E-state index contributed by atoms with van der Waals surface area (Å²) >= 11 is 0. The second-order valence-electron chi connectivity index (χ2n) is 7.10. The average molecular weight is 403 g/mol. The van der Waals surface area contributed by atoms with Gasteiger partial charge in [0.05, 0.1) is 19.9 Å². The normalized spacial score (nSPS) is 16.6. The highest BCUT2D eigenvalue weighted by molar-refractivity contribution is 5.45. The summed E-state index contributed by atoms with van der Waals surface area (Å²) in [5.74, 6) is -1.16. The summed E-state index contributed by atoms with van der Waals surface area (Å²) in [4.78, 5) is 16.3. The van der Waals surface area contributed by atoms with E-state index < -0.39 is 17.2 Å². The largest absolute Gasteiger partial charge is 0.490 e. The molecule has 154 valence electrons. The average Bonchev–Trinajstić information content (AvgIpc) is 2.65. The molecule has 0 fully saturated rings. The minimum Gasteiger partial charge on any atom is -0.490 e. The Morgan fingerprint density at radius 3 is 2.59 bits per heavy atom. The number of aromatic nitrogens is 2. The number of allylic oxidation sites excluding steroid dienone is 3. The zero-order chi connectivity index (χ0) is 21.1. The molecule has 1 aliphatic rings. The number of nitrogens with zero attached hydrogens (tertiary/aromatic N) is 2. The second kappa shape index (κ2) is 8.57. The monoisotopic (exact) mass is 403 g/mol. The van der Waals surface area contributed by atoms with Crippen LogP contribution in [0.5, 0.6) is 5.75 Å². The molecule has 1 heterocycles. The number of methoxy groups -OCH3 is 1. The van der Waals surface area contributed by atoms with Gasteiger partial charge in [0.25, 0.3) is 0 Å². The van der Waals surface area contributed by atoms with Gasteiger partial charge in [0.1, 0.15) is 11.6 Å². The number of hydrogen-bond donors (Lipinski definition) is 2. The van der Waals surface area contributed by atoms with E-state index in [2.05, 4.69) is 10.3 Å². The fourth-order valence-electron chi connectivity index (χ4n) is 3.34. The first-order chi connectivity index (χ1) is 13.8. The fraction of sp³-hybridized carbons (Fsp3) is 0.333. The molecule has 29 heavy (non-hydrogen) atoms. The Balaban J connectivity index is 2.01. The Labute approximate surface area is 167 Å². The van der Waals surface area contributed by atoms with E-state index >= 15 is 0 Å². The topological polar surface area (TPSA) is 76.4 Å². The van der Waals surface area contributed by atoms with E-state index in [0.717, 1.165) is 22.9 Å². The van der Waals surface area contributed by atoms with E-state index in [1.54, 1.807) is 4.57 Å². The van der Waals surface area contributed by atoms with Crippen molar-refractivity contribution in [1.82, 2.24) is 9.55 Å². The molecule has 3 rings (SSSR count). The molecule has 8 heteroatoms. The van der Waals surface area contributed by atoms with Crippen LogP contribution in [0.25, 0.3) is 0 Å². The van der Waals surface area contributed by atoms with Crippen LogP contribution in [0.15, 0.2) is 52.1 Å². The van der Waals surface area contributed by atoms with Crippen molar-refractivity contribution in [2.75, 3.05) is 19.0 Å². The number of aliphatic hydroxyl groups is 1. The number of ether oxygens (including phenoxy) is 1. The molecular weight excluding hydrogens is 380 g/mol. The van der Waals surface area contributed by atoms with E-state index in [-0.39, 0.29) is 30.8 Å². The molecule has 2 N–H and O–H groups in total. The highest BCUT2D eigenvalue weighted by Crippen LogP contribution is 2.29. The maximum atomic E-state index is 13.6. The highest BCUT2D eigenvalue weighted by Gasteiger charge is 2.20. The van der Waals surface area contributed by atoms with Gasteiger partial charge >= 0.3 is 5.56 Å². The van der Waals surface area contributed by atoms with Gasteiger partial charge in [-0.25, -0.2) is 8.78 Å². The third-order valence-electron chi connectivity index (χ3n) is 4.96. The van der Waals surface area contributed by atoms with Crippen molar-refractivity contribution in [3.8, 4) is 5.75 Å². The van der Waals surface area contributed by atoms with Gasteiger partial charge in [0, 0.05) is 24.3 Å². The summed E-state index contributed by atoms with van der Waals surface area (Å²) in [7, 11) is 1.35. The van der Waals surface area contributed by atoms with Crippen molar-refractivity contribution in [2.24, 2.45) is 5.92 Å². The summed E-state index contributed by atoms with van der Waals surface area (Å²) in [5.41, 5.74) is 2.66. The van der Waals surface area contributed by atoms with Crippen LogP contribution in [0.1, 0.15) is 25.8 Å². The number of nitrogens with one attached hydrogen (secondary N) is 1. The van der Waals surface area contributed by atoms with Crippen LogP contribution in [-0.4, -0.2) is 28.4 Å². The predicted octanol–water partition coefficient (Wildman–Crippen LogP) is 3.22. The van der Waals surface area contributed by atoms with E-state index in [1.165, 1.54) is 25.4 Å². The molecule has 0 aliphatic heterocycles. The number of aliphatic hydroxyl groups excluding tert-OH is 1. The molecular formula is C21H23F2N3O3. The number of halogens is 2. The molecule has 0 saturated heterocycles. The SMILES string of the molecule is COc1cn(Cc2cc(F)cc(F)c2)c(NC2=C(C)C=C(C)C(CO)C2)nc1=O. The first-order valence-electron chi connectivity index (χ1n) is 9.17. The first-order valence-corrected chi connectivity index (χ1v) is 9.17. The maximum Gasteiger partial charge on any atom is 0.316 e. The number of hydrogen-bond acceptors (Lipinski definition) is 5. The van der Waals surface area contributed by atoms with Crippen LogP contribution in [0.3, 0.4) is 0 Å². The first kappa shape index (κ1) is 20.7. The van der Waals surface area contributed by atoms with Crippen molar-refractivity contribution in [1.29, 1.82) is 0 Å². The molecule has 0 saturated carbocycles. The summed E-state index contributed by atoms with van der Waals surface area (Å²) in [6.07, 6.45) is 3.98. The summed E-state index contributed by atoms with van der Waals surface area (Å²) in [5, 5.41) is 12.8. The molecule has 1 aliphatic carbocycles. The zero-order valence-corrected chi connectivity index (χ0v) is 16.5. The molecule has 2 aromatic rings. The van der Waals surface area contributed by atoms with Crippen LogP contribution >= 0.6 is 0 Å². The second-order valence-corrected chi connectivity index (χ2v) is 7.10. The quantitative estimate of drug-likeness (QED) is 0.775. The number of rotatable bonds is 6. The molecule has 0 amide bonds. The van der Waals surface area contributed by atoms with Crippen LogP contribution in [0.2, 0.25) is 0 Å². The molecule has 0 spiro atoms. The summed E-state index contributed by atoms with van der Waals surface area (Å²) < 4.78 is 33.8. The molecule has 6 nitrogen and oxygen atoms in total. The molecule has 1 aromatic carbocycles. The van der Waals surface area contributed by atoms with Gasteiger partial charge in [-0.05, 0) is 43.5 Å². The van der Waals surface area contributed by atoms with Gasteiger partial charge < -0.3 is 19.7 Å². The number of anilines is 1. The molecule has 1 aromatic heterocycles. The van der Waals surface area contributed by atoms with E-state index in [1.807, 2.05) is 19.9 Å². The van der Waals surface area contributed by atoms with Crippen molar-refractivity contribution in [3.05, 3.63) is 74.9 Å². The Bertz CT molecular complexity index is 1020. The minimum absolute atomic E-state index is 0.00616. The lowest BCUT2D eigenvalue weighted by molar-refractivity contribution is 0.244. The van der Waals surface area contributed by atoms with E-state index in [0.29, 0.717) is 12.0 Å². The Kier molecular flexibility index (Phi) is 6.12. The standard InChI is InChI=1S/C21H23F2N3O3/c1-12-4-13(2)18(7-15(12)11-27)24-21-25-20(28)19(29-3)10-26(21)9-14-5-16(22)8-17(23)6-14/h4-6,8,10,15,27H,7,9,11H2,1-3H3,(H,24,25,28). The Morgan fingerprint density at radius 1 is 1.28 bits per heavy atom. The molecule has 1 unspecified atom stereocenters. The zero-order valence-electron chi connectivity index (χ0n) is 16.5. The van der Waals surface area contributed by atoms with Crippen molar-refractivity contribution in [2.45, 2.75) is 26.8 Å². The maximum absolute atomic E-state index is 13.6. The molecule has 1 atom stereocenters. The van der Waals surface area contributed by atoms with Gasteiger partial charge in [-0.3, -0.25) is 4.79 Å². The fourth-order valence-corrected chi connectivity index (χ4v) is 3.34. The van der Waals surface area contributed by atoms with Crippen LogP contribution in [0, 0.1) is 17.6 Å². The lowest BCUT2D eigenvalue weighted by Gasteiger charge is -2.25. The van der Waals surface area contributed by atoms with Crippen LogP contribution in [0.4, 0.5) is 14.7 Å². The Hall–Kier alpha value is -3.00. The van der Waals surface area contributed by atoms with Crippen molar-refractivity contribution < 1.29 is 18.6 Å². The number of benzene rings is 1. The van der Waals surface area contributed by atoms with Crippen LogP contribution < -0.4 is 15.6 Å². The van der Waals surface area contributed by atoms with Gasteiger partial charge in [-0.1, -0.05) is 11.6 Å². The third kappa shape index (κ3) is 4.71. The smallest absolute Gasteiger partial charge is 0.316 e. The lowest BCUT2D eigenvalue weighted by atomic mass is 9.88. The minimum atomic E-state index is -0.687.